The van der Waals surface area contributed by atoms with E-state index in [2.05, 4.69) is 70.1 Å². The molecule has 1 fully saturated rings. The van der Waals surface area contributed by atoms with E-state index in [4.69, 9.17) is 9.47 Å². The topological polar surface area (TPSA) is 18.5 Å². The Kier molecular flexibility index (Phi) is 5.81. The van der Waals surface area contributed by atoms with Gasteiger partial charge in [-0.25, -0.2) is 0 Å². The molecule has 1 saturated heterocycles. The van der Waals surface area contributed by atoms with Crippen LogP contribution in [0.5, 0.6) is 11.5 Å². The molecule has 1 heterocycles. The van der Waals surface area contributed by atoms with Gasteiger partial charge in [-0.3, -0.25) is 0 Å². The summed E-state index contributed by atoms with van der Waals surface area (Å²) in [4.78, 5) is -1.37. The second kappa shape index (κ2) is 7.46. The third kappa shape index (κ3) is 3.38. The van der Waals surface area contributed by atoms with Gasteiger partial charge in [0.15, 0.2) is 0 Å². The lowest BCUT2D eigenvalue weighted by Crippen LogP contribution is -2.09. The molecule has 0 radical (unpaired) electrons. The van der Waals surface area contributed by atoms with E-state index < -0.39 is 4.87 Å². The molecule has 8 heteroatoms. The predicted octanol–water partition coefficient (Wildman–Crippen LogP) is 5.79. The number of ether oxygens (including phenoxy) is 2. The fourth-order valence-corrected chi connectivity index (χ4v) is 36.3. The van der Waals surface area contributed by atoms with Crippen LogP contribution in [-0.2, 0) is 0 Å². The number of rotatable bonds is 5. The van der Waals surface area contributed by atoms with E-state index in [-0.39, 0.29) is 6.33 Å². The largest absolute Gasteiger partial charge is 0.497 e. The van der Waals surface area contributed by atoms with Crippen LogP contribution in [0, 0.1) is 0 Å². The Morgan fingerprint density at radius 3 is 2.27 bits per heavy atom. The van der Waals surface area contributed by atoms with Crippen molar-refractivity contribution >= 4 is 65.9 Å². The molecular formula is C14H15O2P2S4+. The molecule has 22 heavy (non-hydrogen) atoms. The van der Waals surface area contributed by atoms with Crippen molar-refractivity contribution < 1.29 is 9.47 Å². The van der Waals surface area contributed by atoms with Crippen LogP contribution in [0.4, 0.5) is 0 Å². The minimum absolute atomic E-state index is 0.254. The molecule has 2 aromatic carbocycles. The summed E-state index contributed by atoms with van der Waals surface area (Å²) in [6.07, 6.45) is -0.254. The minimum Gasteiger partial charge on any atom is -0.497 e. The molecule has 116 valence electrons. The summed E-state index contributed by atoms with van der Waals surface area (Å²) in [5.74, 6) is 1.84. The zero-order chi connectivity index (χ0) is 15.6. The summed E-state index contributed by atoms with van der Waals surface area (Å²) in [5.41, 5.74) is 0. The highest BCUT2D eigenvalue weighted by Gasteiger charge is 2.61. The highest BCUT2D eigenvalue weighted by molar-refractivity contribution is 9.55. The van der Waals surface area contributed by atoms with Crippen LogP contribution in [0.2, 0.25) is 0 Å². The van der Waals surface area contributed by atoms with Crippen molar-refractivity contribution in [3.8, 4) is 11.5 Å². The Morgan fingerprint density at radius 1 is 1.00 bits per heavy atom. The Morgan fingerprint density at radius 2 is 1.64 bits per heavy atom. The fourth-order valence-electron chi connectivity index (χ4n) is 1.97. The lowest BCUT2D eigenvalue weighted by atomic mass is 10.3. The van der Waals surface area contributed by atoms with Gasteiger partial charge in [-0.2, -0.15) is 0 Å². The van der Waals surface area contributed by atoms with Gasteiger partial charge < -0.3 is 9.47 Å². The van der Waals surface area contributed by atoms with E-state index in [9.17, 15) is 0 Å². The van der Waals surface area contributed by atoms with Crippen molar-refractivity contribution in [1.82, 2.24) is 0 Å². The second-order valence-electron chi connectivity index (χ2n) is 4.40. The number of hydrogen-bond donors (Lipinski definition) is 1. The van der Waals surface area contributed by atoms with Crippen molar-refractivity contribution in [2.75, 3.05) is 14.2 Å². The quantitative estimate of drug-likeness (QED) is 0.385. The third-order valence-electron chi connectivity index (χ3n) is 3.10. The Hall–Kier alpha value is 0.300. The van der Waals surface area contributed by atoms with Crippen LogP contribution in [0.3, 0.4) is 0 Å². The third-order valence-corrected chi connectivity index (χ3v) is 34.5. The molecule has 0 unspecified atom stereocenters. The maximum Gasteiger partial charge on any atom is 0.245 e. The molecule has 1 aliphatic heterocycles. The fraction of sp³-hybridized carbons (Fsp3) is 0.143. The minimum atomic E-state index is -1.37. The Bertz CT molecular complexity index is 665. The summed E-state index contributed by atoms with van der Waals surface area (Å²) >= 11 is 8.73. The first kappa shape index (κ1) is 17.1. The van der Waals surface area contributed by atoms with Crippen molar-refractivity contribution in [2.24, 2.45) is 0 Å². The van der Waals surface area contributed by atoms with Gasteiger partial charge in [0.25, 0.3) is 0 Å². The standard InChI is InChI=1S/C14H14O2P2S4/c1-15-11-5-3-7-13(9-11)17-20-18(21-17,22-19)14-8-4-6-12(10-14)16-2/h3-10H,1-2H3/p+1. The summed E-state index contributed by atoms with van der Waals surface area (Å²) in [5, 5.41) is 2.72. The second-order valence-corrected chi connectivity index (χ2v) is 23.2. The van der Waals surface area contributed by atoms with Gasteiger partial charge in [0.2, 0.25) is 4.87 Å². The van der Waals surface area contributed by atoms with E-state index in [0.717, 1.165) is 11.5 Å². The van der Waals surface area contributed by atoms with Crippen molar-refractivity contribution in [3.05, 3.63) is 48.5 Å². The molecule has 0 atom stereocenters. The van der Waals surface area contributed by atoms with Gasteiger partial charge in [-0.1, -0.05) is 29.9 Å². The van der Waals surface area contributed by atoms with Crippen molar-refractivity contribution in [1.29, 1.82) is 0 Å². The molecule has 0 spiro atoms. The molecule has 3 rings (SSSR count). The van der Waals surface area contributed by atoms with E-state index in [0.29, 0.717) is 0 Å². The SMILES string of the molecule is COc1cccc(P2S[P+](SS)(c3cccc(OC)c3)S2)c1. The highest BCUT2D eigenvalue weighted by Crippen LogP contribution is 3.10. The molecule has 1 aliphatic rings. The number of hydrogen-bond acceptors (Lipinski definition) is 6. The summed E-state index contributed by atoms with van der Waals surface area (Å²) in [6, 6.07) is 16.8. The first-order valence-corrected chi connectivity index (χ1v) is 16.1. The van der Waals surface area contributed by atoms with Gasteiger partial charge in [-0.05, 0) is 24.3 Å². The van der Waals surface area contributed by atoms with Crippen molar-refractivity contribution in [2.45, 2.75) is 0 Å². The summed E-state index contributed by atoms with van der Waals surface area (Å²) < 4.78 is 10.7. The molecule has 0 bridgehead atoms. The monoisotopic (exact) mass is 405 g/mol. The predicted molar refractivity (Wildman–Crippen MR) is 111 cm³/mol. The zero-order valence-electron chi connectivity index (χ0n) is 12.0. The lowest BCUT2D eigenvalue weighted by Gasteiger charge is -2.33. The molecular weight excluding hydrogens is 390 g/mol. The van der Waals surface area contributed by atoms with Crippen LogP contribution in [0.15, 0.2) is 48.5 Å². The lowest BCUT2D eigenvalue weighted by molar-refractivity contribution is 0.415. The molecule has 2 aromatic rings. The highest BCUT2D eigenvalue weighted by atomic mass is 33.8. The van der Waals surface area contributed by atoms with E-state index in [1.165, 1.54) is 10.6 Å². The number of benzene rings is 2. The van der Waals surface area contributed by atoms with E-state index >= 15 is 0 Å². The maximum atomic E-state index is 5.36. The normalized spacial score (nSPS) is 23.7. The van der Waals surface area contributed by atoms with Crippen molar-refractivity contribution in [3.63, 3.8) is 0 Å². The van der Waals surface area contributed by atoms with E-state index in [1.807, 2.05) is 12.1 Å². The molecule has 0 saturated carbocycles. The number of methoxy groups -OCH3 is 2. The van der Waals surface area contributed by atoms with Gasteiger partial charge in [0.1, 0.15) is 33.5 Å². The summed E-state index contributed by atoms with van der Waals surface area (Å²) in [7, 11) is 5.12. The number of thiol groups is 1. The zero-order valence-corrected chi connectivity index (χ0v) is 17.1. The smallest absolute Gasteiger partial charge is 0.245 e. The maximum absolute atomic E-state index is 5.36. The van der Waals surface area contributed by atoms with Gasteiger partial charge in [-0.15, -0.1) is 0 Å². The Labute approximate surface area is 149 Å². The molecule has 0 aromatic heterocycles. The average molecular weight is 405 g/mol. The van der Waals surface area contributed by atoms with Crippen LogP contribution < -0.4 is 20.1 Å². The van der Waals surface area contributed by atoms with Crippen LogP contribution in [0.25, 0.3) is 0 Å². The summed E-state index contributed by atoms with van der Waals surface area (Å²) in [6.45, 7) is 0. The van der Waals surface area contributed by atoms with Crippen LogP contribution in [-0.4, -0.2) is 14.2 Å². The van der Waals surface area contributed by atoms with Gasteiger partial charge >= 0.3 is 0 Å². The molecule has 2 nitrogen and oxygen atoms in total. The molecule has 0 amide bonds. The average Bonchev–Trinajstić information content (AvgIpc) is 2.55. The molecule has 0 aliphatic carbocycles. The first-order valence-electron chi connectivity index (χ1n) is 6.41. The van der Waals surface area contributed by atoms with Crippen LogP contribution in [0.1, 0.15) is 0 Å². The van der Waals surface area contributed by atoms with Crippen LogP contribution >= 0.6 is 55.3 Å². The Balaban J connectivity index is 1.80. The van der Waals surface area contributed by atoms with Gasteiger partial charge in [0, 0.05) is 11.4 Å². The molecule has 0 N–H and O–H groups in total. The first-order chi connectivity index (χ1) is 10.7. The van der Waals surface area contributed by atoms with E-state index in [1.54, 1.807) is 24.6 Å². The van der Waals surface area contributed by atoms with Gasteiger partial charge in [0.05, 0.1) is 36.2 Å².